The second-order valence-electron chi connectivity index (χ2n) is 4.31. The summed E-state index contributed by atoms with van der Waals surface area (Å²) in [5, 5.41) is 4.39. The van der Waals surface area contributed by atoms with Crippen LogP contribution < -0.4 is 4.74 Å². The van der Waals surface area contributed by atoms with Crippen LogP contribution in [-0.4, -0.2) is 9.78 Å². The van der Waals surface area contributed by atoms with Crippen LogP contribution in [0.1, 0.15) is 5.69 Å². The molecule has 1 aromatic heterocycles. The molecule has 0 bridgehead atoms. The normalized spacial score (nSPS) is 10.4. The van der Waals surface area contributed by atoms with Gasteiger partial charge in [0, 0.05) is 6.20 Å². The van der Waals surface area contributed by atoms with Crippen molar-refractivity contribution in [1.82, 2.24) is 9.78 Å². The topological polar surface area (TPSA) is 27.1 Å². The Labute approximate surface area is 116 Å². The lowest BCUT2D eigenvalue weighted by molar-refractivity contribution is 0.285. The molecule has 0 fully saturated rings. The number of aromatic nitrogens is 2. The molecule has 3 nitrogen and oxygen atoms in total. The standard InChI is InChI=1S/C16H13FN2O/c17-15-8-4-5-9-16(15)20-12-13-10-11-19(18-13)14-6-2-1-3-7-14/h1-11H,12H2. The van der Waals surface area contributed by atoms with Crippen molar-refractivity contribution in [1.29, 1.82) is 0 Å². The van der Waals surface area contributed by atoms with E-state index in [1.165, 1.54) is 6.07 Å². The highest BCUT2D eigenvalue weighted by molar-refractivity contribution is 5.30. The molecule has 0 N–H and O–H groups in total. The molecule has 3 aromatic rings. The molecule has 3 rings (SSSR count). The Morgan fingerprint density at radius 1 is 0.950 bits per heavy atom. The first-order valence-corrected chi connectivity index (χ1v) is 6.30. The average molecular weight is 268 g/mol. The highest BCUT2D eigenvalue weighted by Gasteiger charge is 2.04. The molecule has 0 saturated heterocycles. The van der Waals surface area contributed by atoms with Gasteiger partial charge in [-0.25, -0.2) is 9.07 Å². The van der Waals surface area contributed by atoms with Crippen molar-refractivity contribution in [2.45, 2.75) is 6.61 Å². The predicted molar refractivity (Wildman–Crippen MR) is 74.3 cm³/mol. The van der Waals surface area contributed by atoms with Crippen molar-refractivity contribution in [3.8, 4) is 11.4 Å². The fourth-order valence-electron chi connectivity index (χ4n) is 1.88. The lowest BCUT2D eigenvalue weighted by atomic mass is 10.3. The van der Waals surface area contributed by atoms with Crippen LogP contribution in [0, 0.1) is 5.82 Å². The maximum Gasteiger partial charge on any atom is 0.165 e. The van der Waals surface area contributed by atoms with E-state index in [0.29, 0.717) is 0 Å². The summed E-state index contributed by atoms with van der Waals surface area (Å²) in [5.74, 6) is -0.128. The molecule has 0 aliphatic carbocycles. The van der Waals surface area contributed by atoms with Crippen LogP contribution in [0.3, 0.4) is 0 Å². The zero-order valence-corrected chi connectivity index (χ0v) is 10.7. The Morgan fingerprint density at radius 3 is 2.50 bits per heavy atom. The third-order valence-corrected chi connectivity index (χ3v) is 2.88. The first kappa shape index (κ1) is 12.4. The van der Waals surface area contributed by atoms with Gasteiger partial charge < -0.3 is 4.74 Å². The zero-order chi connectivity index (χ0) is 13.8. The molecule has 2 aromatic carbocycles. The van der Waals surface area contributed by atoms with Gasteiger partial charge in [-0.1, -0.05) is 30.3 Å². The number of halogens is 1. The van der Waals surface area contributed by atoms with Gasteiger partial charge in [0.15, 0.2) is 11.6 Å². The van der Waals surface area contributed by atoms with Crippen molar-refractivity contribution in [2.75, 3.05) is 0 Å². The van der Waals surface area contributed by atoms with Crippen LogP contribution in [0.5, 0.6) is 5.75 Å². The fourth-order valence-corrected chi connectivity index (χ4v) is 1.88. The van der Waals surface area contributed by atoms with Gasteiger partial charge in [0.1, 0.15) is 12.3 Å². The van der Waals surface area contributed by atoms with E-state index in [1.807, 2.05) is 42.6 Å². The van der Waals surface area contributed by atoms with Gasteiger partial charge in [-0.3, -0.25) is 0 Å². The number of nitrogens with zero attached hydrogens (tertiary/aromatic N) is 2. The SMILES string of the molecule is Fc1ccccc1OCc1ccn(-c2ccccc2)n1. The quantitative estimate of drug-likeness (QED) is 0.723. The van der Waals surface area contributed by atoms with E-state index in [9.17, 15) is 4.39 Å². The maximum absolute atomic E-state index is 13.4. The Hall–Kier alpha value is -2.62. The number of hydrogen-bond donors (Lipinski definition) is 0. The van der Waals surface area contributed by atoms with Crippen molar-refractivity contribution >= 4 is 0 Å². The summed E-state index contributed by atoms with van der Waals surface area (Å²) in [4.78, 5) is 0. The number of benzene rings is 2. The second-order valence-corrected chi connectivity index (χ2v) is 4.31. The molecular formula is C16H13FN2O. The minimum Gasteiger partial charge on any atom is -0.484 e. The van der Waals surface area contributed by atoms with Gasteiger partial charge in [0.2, 0.25) is 0 Å². The molecule has 0 radical (unpaired) electrons. The fraction of sp³-hybridized carbons (Fsp3) is 0.0625. The zero-order valence-electron chi connectivity index (χ0n) is 10.7. The Bertz CT molecular complexity index is 694. The molecule has 0 amide bonds. The molecule has 4 heteroatoms. The highest BCUT2D eigenvalue weighted by Crippen LogP contribution is 2.17. The first-order valence-electron chi connectivity index (χ1n) is 6.30. The molecule has 0 atom stereocenters. The van der Waals surface area contributed by atoms with E-state index in [-0.39, 0.29) is 18.2 Å². The van der Waals surface area contributed by atoms with Gasteiger partial charge in [-0.2, -0.15) is 5.10 Å². The van der Waals surface area contributed by atoms with E-state index in [2.05, 4.69) is 5.10 Å². The van der Waals surface area contributed by atoms with Crippen molar-refractivity contribution < 1.29 is 9.13 Å². The Kier molecular flexibility index (Phi) is 3.46. The largest absolute Gasteiger partial charge is 0.484 e. The molecular weight excluding hydrogens is 255 g/mol. The van der Waals surface area contributed by atoms with Gasteiger partial charge in [-0.15, -0.1) is 0 Å². The van der Waals surface area contributed by atoms with Crippen LogP contribution in [-0.2, 0) is 6.61 Å². The third kappa shape index (κ3) is 2.69. The van der Waals surface area contributed by atoms with Crippen LogP contribution in [0.15, 0.2) is 66.9 Å². The summed E-state index contributed by atoms with van der Waals surface area (Å²) in [6.45, 7) is 0.237. The molecule has 0 spiro atoms. The number of rotatable bonds is 4. The molecule has 100 valence electrons. The highest BCUT2D eigenvalue weighted by atomic mass is 19.1. The van der Waals surface area contributed by atoms with Gasteiger partial charge >= 0.3 is 0 Å². The molecule has 0 aliphatic heterocycles. The second kappa shape index (κ2) is 5.57. The lowest BCUT2D eigenvalue weighted by Gasteiger charge is -2.05. The summed E-state index contributed by atoms with van der Waals surface area (Å²) in [5.41, 5.74) is 1.72. The number of para-hydroxylation sites is 2. The summed E-state index contributed by atoms with van der Waals surface area (Å²) in [6, 6.07) is 18.0. The predicted octanol–water partition coefficient (Wildman–Crippen LogP) is 3.59. The van der Waals surface area contributed by atoms with Crippen molar-refractivity contribution in [3.05, 3.63) is 78.4 Å². The summed E-state index contributed by atoms with van der Waals surface area (Å²) in [6.07, 6.45) is 1.86. The number of ether oxygens (including phenoxy) is 1. The molecule has 0 saturated carbocycles. The molecule has 20 heavy (non-hydrogen) atoms. The summed E-state index contributed by atoms with van der Waals surface area (Å²) >= 11 is 0. The smallest absolute Gasteiger partial charge is 0.165 e. The minimum absolute atomic E-state index is 0.237. The monoisotopic (exact) mass is 268 g/mol. The maximum atomic E-state index is 13.4. The first-order chi connectivity index (χ1) is 9.83. The van der Waals surface area contributed by atoms with E-state index < -0.39 is 0 Å². The summed E-state index contributed by atoms with van der Waals surface area (Å²) < 4.78 is 20.6. The van der Waals surface area contributed by atoms with Gasteiger partial charge in [-0.05, 0) is 30.3 Å². The van der Waals surface area contributed by atoms with Crippen molar-refractivity contribution in [2.24, 2.45) is 0 Å². The third-order valence-electron chi connectivity index (χ3n) is 2.88. The van der Waals surface area contributed by atoms with E-state index >= 15 is 0 Å². The summed E-state index contributed by atoms with van der Waals surface area (Å²) in [7, 11) is 0. The molecule has 0 aliphatic rings. The number of hydrogen-bond acceptors (Lipinski definition) is 2. The van der Waals surface area contributed by atoms with E-state index in [4.69, 9.17) is 4.74 Å². The lowest BCUT2D eigenvalue weighted by Crippen LogP contribution is -2.00. The molecule has 0 unspecified atom stereocenters. The van der Waals surface area contributed by atoms with Crippen LogP contribution in [0.25, 0.3) is 5.69 Å². The van der Waals surface area contributed by atoms with Crippen LogP contribution >= 0.6 is 0 Å². The Morgan fingerprint density at radius 2 is 1.70 bits per heavy atom. The van der Waals surface area contributed by atoms with Crippen LogP contribution in [0.4, 0.5) is 4.39 Å². The van der Waals surface area contributed by atoms with Gasteiger partial charge in [0.25, 0.3) is 0 Å². The van der Waals surface area contributed by atoms with Crippen molar-refractivity contribution in [3.63, 3.8) is 0 Å². The Balaban J connectivity index is 1.71. The minimum atomic E-state index is -0.366. The van der Waals surface area contributed by atoms with Gasteiger partial charge in [0.05, 0.1) is 5.69 Å². The van der Waals surface area contributed by atoms with Crippen LogP contribution in [0.2, 0.25) is 0 Å². The average Bonchev–Trinajstić information content (AvgIpc) is 2.96. The molecule has 1 heterocycles. The van der Waals surface area contributed by atoms with E-state index in [1.54, 1.807) is 22.9 Å². The van der Waals surface area contributed by atoms with E-state index in [0.717, 1.165) is 11.4 Å².